The van der Waals surface area contributed by atoms with Crippen molar-refractivity contribution in [2.24, 2.45) is 11.1 Å². The Bertz CT molecular complexity index is 587. The number of rotatable bonds is 3. The van der Waals surface area contributed by atoms with E-state index in [2.05, 4.69) is 6.92 Å². The fourth-order valence-electron chi connectivity index (χ4n) is 2.79. The standard InChI is InChI=1S/C15H23NO3S/c1-10-4-6-13(7-5-10)19-15-12(3)8-11(2)9-14(15)20(16,17)18/h8-10,13H,4-7H2,1-3H3,(H2,16,17,18). The van der Waals surface area contributed by atoms with Crippen LogP contribution in [0.25, 0.3) is 0 Å². The molecule has 0 unspecified atom stereocenters. The zero-order chi connectivity index (χ0) is 14.9. The van der Waals surface area contributed by atoms with E-state index >= 15 is 0 Å². The summed E-state index contributed by atoms with van der Waals surface area (Å²) in [5.74, 6) is 1.16. The minimum atomic E-state index is -3.77. The van der Waals surface area contributed by atoms with E-state index < -0.39 is 10.0 Å². The van der Waals surface area contributed by atoms with Crippen molar-refractivity contribution in [3.8, 4) is 5.75 Å². The second-order valence-corrected chi connectivity index (χ2v) is 7.48. The van der Waals surface area contributed by atoms with Crippen molar-refractivity contribution in [1.82, 2.24) is 0 Å². The Hall–Kier alpha value is -1.07. The van der Waals surface area contributed by atoms with Gasteiger partial charge in [-0.2, -0.15) is 0 Å². The smallest absolute Gasteiger partial charge is 0.241 e. The molecule has 4 nitrogen and oxygen atoms in total. The number of primary sulfonamides is 1. The molecule has 20 heavy (non-hydrogen) atoms. The van der Waals surface area contributed by atoms with E-state index in [1.165, 1.54) is 0 Å². The van der Waals surface area contributed by atoms with E-state index in [4.69, 9.17) is 9.88 Å². The first-order chi connectivity index (χ1) is 9.27. The molecule has 1 aliphatic rings. The van der Waals surface area contributed by atoms with Crippen LogP contribution in [0.5, 0.6) is 5.75 Å². The average Bonchev–Trinajstić information content (AvgIpc) is 2.33. The van der Waals surface area contributed by atoms with Crippen LogP contribution in [-0.2, 0) is 10.0 Å². The lowest BCUT2D eigenvalue weighted by molar-refractivity contribution is 0.131. The van der Waals surface area contributed by atoms with Gasteiger partial charge in [0.15, 0.2) is 0 Å². The van der Waals surface area contributed by atoms with E-state index in [0.717, 1.165) is 42.7 Å². The third kappa shape index (κ3) is 3.52. The van der Waals surface area contributed by atoms with Crippen molar-refractivity contribution in [3.63, 3.8) is 0 Å². The van der Waals surface area contributed by atoms with Crippen LogP contribution in [0.15, 0.2) is 17.0 Å². The summed E-state index contributed by atoms with van der Waals surface area (Å²) in [6, 6.07) is 3.51. The third-order valence-electron chi connectivity index (χ3n) is 3.94. The quantitative estimate of drug-likeness (QED) is 0.932. The summed E-state index contributed by atoms with van der Waals surface area (Å²) >= 11 is 0. The van der Waals surface area contributed by atoms with Crippen LogP contribution in [0, 0.1) is 19.8 Å². The molecule has 1 aromatic carbocycles. The Labute approximate surface area is 121 Å². The van der Waals surface area contributed by atoms with Crippen LogP contribution in [0.4, 0.5) is 0 Å². The van der Waals surface area contributed by atoms with E-state index in [1.807, 2.05) is 19.9 Å². The lowest BCUT2D eigenvalue weighted by Crippen LogP contribution is -2.25. The van der Waals surface area contributed by atoms with Crippen LogP contribution < -0.4 is 9.88 Å². The lowest BCUT2D eigenvalue weighted by atomic mass is 9.89. The lowest BCUT2D eigenvalue weighted by Gasteiger charge is -2.28. The first-order valence-electron chi connectivity index (χ1n) is 7.08. The van der Waals surface area contributed by atoms with Gasteiger partial charge in [0.1, 0.15) is 10.6 Å². The maximum Gasteiger partial charge on any atom is 0.241 e. The summed E-state index contributed by atoms with van der Waals surface area (Å²) in [5.41, 5.74) is 1.70. The van der Waals surface area contributed by atoms with E-state index in [1.54, 1.807) is 6.07 Å². The molecule has 0 amide bonds. The zero-order valence-corrected chi connectivity index (χ0v) is 13.2. The number of ether oxygens (including phenoxy) is 1. The monoisotopic (exact) mass is 297 g/mol. The summed E-state index contributed by atoms with van der Waals surface area (Å²) in [7, 11) is -3.77. The average molecular weight is 297 g/mol. The van der Waals surface area contributed by atoms with E-state index in [-0.39, 0.29) is 11.0 Å². The SMILES string of the molecule is Cc1cc(C)c(OC2CCC(C)CC2)c(S(N)(=O)=O)c1. The second kappa shape index (κ2) is 5.74. The first kappa shape index (κ1) is 15.3. The minimum absolute atomic E-state index is 0.0908. The fraction of sp³-hybridized carbons (Fsp3) is 0.600. The van der Waals surface area contributed by atoms with Crippen LogP contribution in [0.2, 0.25) is 0 Å². The molecule has 0 radical (unpaired) electrons. The van der Waals surface area contributed by atoms with Crippen molar-refractivity contribution in [2.75, 3.05) is 0 Å². The Morgan fingerprint density at radius 1 is 1.15 bits per heavy atom. The van der Waals surface area contributed by atoms with Gasteiger partial charge >= 0.3 is 0 Å². The highest BCUT2D eigenvalue weighted by molar-refractivity contribution is 7.89. The van der Waals surface area contributed by atoms with Crippen LogP contribution >= 0.6 is 0 Å². The second-order valence-electron chi connectivity index (χ2n) is 5.95. The van der Waals surface area contributed by atoms with E-state index in [9.17, 15) is 8.42 Å². The molecule has 0 spiro atoms. The van der Waals surface area contributed by atoms with E-state index in [0.29, 0.717) is 5.75 Å². The van der Waals surface area contributed by atoms with Crippen molar-refractivity contribution in [2.45, 2.75) is 57.5 Å². The molecule has 1 aliphatic carbocycles. The highest BCUT2D eigenvalue weighted by atomic mass is 32.2. The van der Waals surface area contributed by atoms with Gasteiger partial charge in [0.2, 0.25) is 10.0 Å². The molecule has 5 heteroatoms. The Morgan fingerprint density at radius 2 is 1.75 bits per heavy atom. The zero-order valence-electron chi connectivity index (χ0n) is 12.3. The predicted octanol–water partition coefficient (Wildman–Crippen LogP) is 2.91. The van der Waals surface area contributed by atoms with Gasteiger partial charge < -0.3 is 4.74 Å². The molecule has 112 valence electrons. The van der Waals surface area contributed by atoms with Gasteiger partial charge in [-0.25, -0.2) is 13.6 Å². The number of hydrogen-bond acceptors (Lipinski definition) is 3. The number of nitrogens with two attached hydrogens (primary N) is 1. The molecule has 1 fully saturated rings. The van der Waals surface area contributed by atoms with Crippen LogP contribution in [-0.4, -0.2) is 14.5 Å². The van der Waals surface area contributed by atoms with Gasteiger partial charge in [-0.05, 0) is 62.6 Å². The number of hydrogen-bond donors (Lipinski definition) is 1. The molecule has 1 aromatic rings. The molecule has 2 N–H and O–H groups in total. The van der Waals surface area contributed by atoms with Crippen molar-refractivity contribution in [1.29, 1.82) is 0 Å². The molecule has 0 atom stereocenters. The molecule has 0 aliphatic heterocycles. The molecule has 0 heterocycles. The van der Waals surface area contributed by atoms with Gasteiger partial charge in [0.25, 0.3) is 0 Å². The fourth-order valence-corrected chi connectivity index (χ4v) is 3.61. The molecule has 0 bridgehead atoms. The van der Waals surface area contributed by atoms with Crippen molar-refractivity contribution >= 4 is 10.0 Å². The normalized spacial score (nSPS) is 23.6. The predicted molar refractivity (Wildman–Crippen MR) is 79.3 cm³/mol. The van der Waals surface area contributed by atoms with Gasteiger partial charge in [0, 0.05) is 0 Å². The highest BCUT2D eigenvalue weighted by Crippen LogP contribution is 2.33. The maximum atomic E-state index is 11.7. The maximum absolute atomic E-state index is 11.7. The molecule has 2 rings (SSSR count). The molecule has 0 saturated heterocycles. The molecular formula is C15H23NO3S. The summed E-state index contributed by atoms with van der Waals surface area (Å²) in [5, 5.41) is 5.31. The Balaban J connectivity index is 2.31. The number of benzene rings is 1. The first-order valence-corrected chi connectivity index (χ1v) is 8.62. The molecule has 0 aromatic heterocycles. The topological polar surface area (TPSA) is 69.4 Å². The number of sulfonamides is 1. The minimum Gasteiger partial charge on any atom is -0.489 e. The van der Waals surface area contributed by atoms with Crippen LogP contribution in [0.3, 0.4) is 0 Å². The van der Waals surface area contributed by atoms with Gasteiger partial charge in [0.05, 0.1) is 6.10 Å². The summed E-state index contributed by atoms with van der Waals surface area (Å²) in [6.45, 7) is 5.96. The van der Waals surface area contributed by atoms with Gasteiger partial charge in [-0.3, -0.25) is 0 Å². The molecule has 1 saturated carbocycles. The Morgan fingerprint density at radius 3 is 2.30 bits per heavy atom. The summed E-state index contributed by atoms with van der Waals surface area (Å²) < 4.78 is 29.5. The summed E-state index contributed by atoms with van der Waals surface area (Å²) in [6.07, 6.45) is 4.28. The number of aryl methyl sites for hydroxylation is 2. The van der Waals surface area contributed by atoms with Crippen molar-refractivity contribution < 1.29 is 13.2 Å². The van der Waals surface area contributed by atoms with Crippen molar-refractivity contribution in [3.05, 3.63) is 23.3 Å². The molecular weight excluding hydrogens is 274 g/mol. The van der Waals surface area contributed by atoms with Gasteiger partial charge in [-0.1, -0.05) is 13.0 Å². The summed E-state index contributed by atoms with van der Waals surface area (Å²) in [4.78, 5) is 0.105. The third-order valence-corrected chi connectivity index (χ3v) is 4.86. The highest BCUT2D eigenvalue weighted by Gasteiger charge is 2.24. The van der Waals surface area contributed by atoms with Crippen LogP contribution in [0.1, 0.15) is 43.7 Å². The van der Waals surface area contributed by atoms with Gasteiger partial charge in [-0.15, -0.1) is 0 Å². The largest absolute Gasteiger partial charge is 0.489 e. The Kier molecular flexibility index (Phi) is 4.39.